The van der Waals surface area contributed by atoms with Crippen LogP contribution in [0, 0.1) is 0 Å². The summed E-state index contributed by atoms with van der Waals surface area (Å²) in [6.45, 7) is 0.00597. The van der Waals surface area contributed by atoms with E-state index in [4.69, 9.17) is 10.5 Å². The van der Waals surface area contributed by atoms with Crippen LogP contribution in [0.3, 0.4) is 0 Å². The largest absolute Gasteiger partial charge is 0.465 e. The average Bonchev–Trinajstić information content (AvgIpc) is 2.66. The molecular weight excluding hydrogens is 336 g/mol. The van der Waals surface area contributed by atoms with Gasteiger partial charge in [0.25, 0.3) is 0 Å². The van der Waals surface area contributed by atoms with Gasteiger partial charge in [0.05, 0.1) is 12.7 Å². The molecule has 0 heterocycles. The number of nitrogens with one attached hydrogen (secondary N) is 1. The number of hydrogen-bond donors (Lipinski definition) is 2. The lowest BCUT2D eigenvalue weighted by molar-refractivity contribution is -0.147. The molecule has 7 nitrogen and oxygen atoms in total. The molecule has 3 N–H and O–H groups in total. The Labute approximate surface area is 151 Å². The van der Waals surface area contributed by atoms with E-state index in [0.29, 0.717) is 11.1 Å². The maximum absolute atomic E-state index is 12.3. The number of nitrogens with two attached hydrogens (primary N) is 1. The Hall–Kier alpha value is -3.35. The molecule has 136 valence electrons. The third kappa shape index (κ3) is 5.62. The Balaban J connectivity index is 1.97. The summed E-state index contributed by atoms with van der Waals surface area (Å²) in [5.74, 6) is -1.04. The van der Waals surface area contributed by atoms with Crippen LogP contribution in [0.25, 0.3) is 0 Å². The van der Waals surface area contributed by atoms with Gasteiger partial charge in [0.1, 0.15) is 12.6 Å². The van der Waals surface area contributed by atoms with E-state index in [1.165, 1.54) is 7.11 Å². The molecule has 2 aromatic rings. The van der Waals surface area contributed by atoms with E-state index in [1.54, 1.807) is 24.3 Å². The van der Waals surface area contributed by atoms with E-state index < -0.39 is 24.0 Å². The minimum absolute atomic E-state index is 0.00597. The molecule has 1 atom stereocenters. The molecule has 0 bridgehead atoms. The lowest BCUT2D eigenvalue weighted by Gasteiger charge is -2.16. The number of carbonyl (C=O) groups is 3. The van der Waals surface area contributed by atoms with Gasteiger partial charge in [0, 0.05) is 6.42 Å². The Morgan fingerprint density at radius 3 is 2.23 bits per heavy atom. The van der Waals surface area contributed by atoms with Gasteiger partial charge in [-0.3, -0.25) is 0 Å². The normalized spacial score (nSPS) is 11.3. The fourth-order valence-electron chi connectivity index (χ4n) is 2.32. The summed E-state index contributed by atoms with van der Waals surface area (Å²) in [5.41, 5.74) is 7.12. The van der Waals surface area contributed by atoms with E-state index in [-0.39, 0.29) is 13.0 Å². The summed E-state index contributed by atoms with van der Waals surface area (Å²) >= 11 is 0. The Bertz CT molecular complexity index is 759. The van der Waals surface area contributed by atoms with Crippen LogP contribution >= 0.6 is 0 Å². The lowest BCUT2D eigenvalue weighted by atomic mass is 10.1. The molecule has 0 saturated heterocycles. The van der Waals surface area contributed by atoms with Crippen LogP contribution in [0.5, 0.6) is 0 Å². The first-order valence-electron chi connectivity index (χ1n) is 7.93. The van der Waals surface area contributed by atoms with Crippen LogP contribution in [-0.2, 0) is 27.3 Å². The average molecular weight is 356 g/mol. The summed E-state index contributed by atoms with van der Waals surface area (Å²) in [4.78, 5) is 34.9. The van der Waals surface area contributed by atoms with Gasteiger partial charge in [0.2, 0.25) is 0 Å². The van der Waals surface area contributed by atoms with Crippen molar-refractivity contribution >= 4 is 18.0 Å². The van der Waals surface area contributed by atoms with Crippen molar-refractivity contribution in [3.05, 3.63) is 71.3 Å². The van der Waals surface area contributed by atoms with Crippen molar-refractivity contribution in [2.45, 2.75) is 19.1 Å². The van der Waals surface area contributed by atoms with E-state index >= 15 is 0 Å². The van der Waals surface area contributed by atoms with Crippen molar-refractivity contribution in [3.8, 4) is 0 Å². The number of ether oxygens (including phenoxy) is 2. The van der Waals surface area contributed by atoms with Crippen molar-refractivity contribution in [2.24, 2.45) is 5.73 Å². The summed E-state index contributed by atoms with van der Waals surface area (Å²) < 4.78 is 9.89. The number of methoxy groups -OCH3 is 1. The fourth-order valence-corrected chi connectivity index (χ4v) is 2.32. The molecule has 0 unspecified atom stereocenters. The summed E-state index contributed by atoms with van der Waals surface area (Å²) in [6, 6.07) is 14.0. The Morgan fingerprint density at radius 1 is 1.00 bits per heavy atom. The molecule has 0 aromatic heterocycles. The molecule has 2 aromatic carbocycles. The van der Waals surface area contributed by atoms with Gasteiger partial charge < -0.3 is 20.5 Å². The molecular formula is C19H20N2O5. The Kier molecular flexibility index (Phi) is 6.73. The van der Waals surface area contributed by atoms with Crippen LogP contribution in [0.15, 0.2) is 54.6 Å². The van der Waals surface area contributed by atoms with Gasteiger partial charge in [0.15, 0.2) is 0 Å². The van der Waals surface area contributed by atoms with Gasteiger partial charge in [-0.15, -0.1) is 0 Å². The quantitative estimate of drug-likeness (QED) is 0.736. The first-order chi connectivity index (χ1) is 12.5. The number of urea groups is 1. The highest BCUT2D eigenvalue weighted by Crippen LogP contribution is 2.09. The zero-order chi connectivity index (χ0) is 18.9. The SMILES string of the molecule is COC(=O)c1ccc(COC(=O)[C@H](Cc2ccccc2)NC(N)=O)cc1. The van der Waals surface area contributed by atoms with Crippen molar-refractivity contribution in [1.29, 1.82) is 0 Å². The molecule has 0 fully saturated rings. The molecule has 2 rings (SSSR count). The summed E-state index contributed by atoms with van der Waals surface area (Å²) in [5, 5.41) is 2.40. The monoisotopic (exact) mass is 356 g/mol. The van der Waals surface area contributed by atoms with Gasteiger partial charge in [-0.1, -0.05) is 42.5 Å². The number of amides is 2. The van der Waals surface area contributed by atoms with Crippen LogP contribution in [0.4, 0.5) is 4.79 Å². The molecule has 7 heteroatoms. The second-order valence-corrected chi connectivity index (χ2v) is 5.55. The standard InChI is InChI=1S/C19H20N2O5/c1-25-17(22)15-9-7-14(8-10-15)12-26-18(23)16(21-19(20)24)11-13-5-3-2-4-6-13/h2-10,16H,11-12H2,1H3,(H3,20,21,24)/t16-/m0/s1. The summed E-state index contributed by atoms with van der Waals surface area (Å²) in [7, 11) is 1.30. The maximum atomic E-state index is 12.3. The number of hydrogen-bond acceptors (Lipinski definition) is 5. The summed E-state index contributed by atoms with van der Waals surface area (Å²) in [6.07, 6.45) is 0.268. The van der Waals surface area contributed by atoms with Crippen molar-refractivity contribution in [3.63, 3.8) is 0 Å². The van der Waals surface area contributed by atoms with Gasteiger partial charge in [-0.2, -0.15) is 0 Å². The fraction of sp³-hybridized carbons (Fsp3) is 0.211. The van der Waals surface area contributed by atoms with Crippen molar-refractivity contribution < 1.29 is 23.9 Å². The molecule has 0 spiro atoms. The Morgan fingerprint density at radius 2 is 1.65 bits per heavy atom. The van der Waals surface area contributed by atoms with Crippen LogP contribution in [-0.4, -0.2) is 31.1 Å². The second kappa shape index (κ2) is 9.22. The van der Waals surface area contributed by atoms with E-state index in [2.05, 4.69) is 10.1 Å². The van der Waals surface area contributed by atoms with E-state index in [1.807, 2.05) is 30.3 Å². The highest BCUT2D eigenvalue weighted by molar-refractivity contribution is 5.89. The first kappa shape index (κ1) is 19.0. The molecule has 0 aliphatic carbocycles. The van der Waals surface area contributed by atoms with Gasteiger partial charge in [-0.25, -0.2) is 14.4 Å². The first-order valence-corrected chi connectivity index (χ1v) is 7.93. The predicted octanol–water partition coefficient (Wildman–Crippen LogP) is 1.80. The number of primary amides is 1. The van der Waals surface area contributed by atoms with Crippen molar-refractivity contribution in [1.82, 2.24) is 5.32 Å². The minimum Gasteiger partial charge on any atom is -0.465 e. The molecule has 0 aliphatic rings. The van der Waals surface area contributed by atoms with E-state index in [0.717, 1.165) is 5.56 Å². The zero-order valence-electron chi connectivity index (χ0n) is 14.3. The van der Waals surface area contributed by atoms with Gasteiger partial charge in [-0.05, 0) is 23.3 Å². The third-order valence-electron chi connectivity index (χ3n) is 3.64. The smallest absolute Gasteiger partial charge is 0.337 e. The third-order valence-corrected chi connectivity index (χ3v) is 3.64. The van der Waals surface area contributed by atoms with Crippen LogP contribution < -0.4 is 11.1 Å². The predicted molar refractivity (Wildman–Crippen MR) is 94.2 cm³/mol. The van der Waals surface area contributed by atoms with E-state index in [9.17, 15) is 14.4 Å². The highest BCUT2D eigenvalue weighted by Gasteiger charge is 2.22. The van der Waals surface area contributed by atoms with Gasteiger partial charge >= 0.3 is 18.0 Å². The topological polar surface area (TPSA) is 108 Å². The van der Waals surface area contributed by atoms with Crippen LogP contribution in [0.2, 0.25) is 0 Å². The van der Waals surface area contributed by atoms with Crippen LogP contribution in [0.1, 0.15) is 21.5 Å². The number of benzene rings is 2. The zero-order valence-corrected chi connectivity index (χ0v) is 14.3. The molecule has 0 aliphatic heterocycles. The van der Waals surface area contributed by atoms with Crippen molar-refractivity contribution in [2.75, 3.05) is 7.11 Å². The maximum Gasteiger partial charge on any atom is 0.337 e. The molecule has 0 saturated carbocycles. The minimum atomic E-state index is -0.885. The molecule has 26 heavy (non-hydrogen) atoms. The number of esters is 2. The number of carbonyl (C=O) groups excluding carboxylic acids is 3. The second-order valence-electron chi connectivity index (χ2n) is 5.55. The number of rotatable bonds is 7. The molecule has 0 radical (unpaired) electrons. The highest BCUT2D eigenvalue weighted by atomic mass is 16.5. The lowest BCUT2D eigenvalue weighted by Crippen LogP contribution is -2.45. The molecule has 2 amide bonds.